The molecule has 1 rings (SSSR count). The lowest BCUT2D eigenvalue weighted by atomic mass is 10.3. The van der Waals surface area contributed by atoms with E-state index in [1.807, 2.05) is 0 Å². The largest absolute Gasteiger partial charge is 0.347 e. The molecule has 1 heterocycles. The Labute approximate surface area is 123 Å². The molecule has 0 aliphatic carbocycles. The van der Waals surface area contributed by atoms with Crippen LogP contribution in [0.25, 0.3) is 0 Å². The first-order chi connectivity index (χ1) is 9.13. The van der Waals surface area contributed by atoms with Gasteiger partial charge in [0.15, 0.2) is 0 Å². The number of carbonyl (C=O) groups is 2. The fourth-order valence-corrected chi connectivity index (χ4v) is 0.903. The van der Waals surface area contributed by atoms with Crippen LogP contribution in [0.3, 0.4) is 0 Å². The predicted molar refractivity (Wildman–Crippen MR) is 72.6 cm³/mol. The molecule has 0 saturated carbocycles. The number of carbonyl (C=O) groups excluding carboxylic acids is 2. The summed E-state index contributed by atoms with van der Waals surface area (Å²) in [6, 6.07) is 5.03. The zero-order valence-electron chi connectivity index (χ0n) is 13.2. The summed E-state index contributed by atoms with van der Waals surface area (Å²) in [5.74, 6) is -2.43. The monoisotopic (exact) mass is 298 g/mol. The molecule has 1 aromatic rings. The lowest BCUT2D eigenvalue weighted by Gasteiger charge is -2.04. The second kappa shape index (κ2) is 10.8. The van der Waals surface area contributed by atoms with Crippen molar-refractivity contribution in [3.63, 3.8) is 0 Å². The molecule has 6 nitrogen and oxygen atoms in total. The third kappa shape index (κ3) is 7.05. The fraction of sp³-hybridized carbons (Fsp3) is 0.300. The Bertz CT molecular complexity index is 499. The molecule has 8 heteroatoms. The van der Waals surface area contributed by atoms with E-state index < -0.39 is 24.8 Å². The van der Waals surface area contributed by atoms with Crippen molar-refractivity contribution in [2.75, 3.05) is 13.0 Å². The minimum absolute atomic E-state index is 0. The average molecular weight is 299 g/mol. The lowest BCUT2D eigenvalue weighted by Crippen LogP contribution is -2.41. The van der Waals surface area contributed by atoms with Crippen molar-refractivity contribution < 1.29 is 15.1 Å². The molecule has 18 heavy (non-hydrogen) atoms. The van der Waals surface area contributed by atoms with Crippen molar-refractivity contribution in [2.24, 2.45) is 5.73 Å². The first-order valence-corrected chi connectivity index (χ1v) is 4.42. The molecule has 0 unspecified atom stereocenters. The second-order valence-corrected chi connectivity index (χ2v) is 2.73. The minimum atomic E-state index is -2.87. The highest BCUT2D eigenvalue weighted by Crippen LogP contribution is 1.91. The van der Waals surface area contributed by atoms with E-state index in [4.69, 9.17) is 11.2 Å². The molecule has 0 bridgehead atoms. The molecule has 2 amide bonds. The van der Waals surface area contributed by atoms with E-state index in [0.717, 1.165) is 0 Å². The van der Waals surface area contributed by atoms with E-state index in [1.54, 1.807) is 23.5 Å². The van der Waals surface area contributed by atoms with E-state index in [-0.39, 0.29) is 31.4 Å². The molecular formula is C10H16Cl2N4O2. The van der Waals surface area contributed by atoms with Gasteiger partial charge in [-0.2, -0.15) is 0 Å². The van der Waals surface area contributed by atoms with Gasteiger partial charge in [0.05, 0.1) is 15.0 Å². The van der Waals surface area contributed by atoms with Gasteiger partial charge in [-0.1, -0.05) is 6.07 Å². The summed E-state index contributed by atoms with van der Waals surface area (Å²) in [5, 5.41) is 3.82. The number of nitrogens with one attached hydrogen (secondary N) is 2. The third-order valence-electron chi connectivity index (χ3n) is 1.61. The molecule has 0 saturated heterocycles. The Morgan fingerprint density at radius 2 is 1.94 bits per heavy atom. The van der Waals surface area contributed by atoms with Crippen molar-refractivity contribution in [1.82, 2.24) is 15.6 Å². The standard InChI is InChI=1S/C10H14N4O2.2ClH/c11-4-6-13-9(15)10(16)14-7-8-3-1-2-5-12-8;;/h1-3,5H,4,6-7,11H2,(H,13,15)(H,14,16);2*1H/i4D2,6D2;;. The van der Waals surface area contributed by atoms with E-state index >= 15 is 0 Å². The highest BCUT2D eigenvalue weighted by atomic mass is 35.5. The van der Waals surface area contributed by atoms with Gasteiger partial charge in [0, 0.05) is 21.9 Å². The van der Waals surface area contributed by atoms with Crippen LogP contribution in [-0.4, -0.2) is 29.8 Å². The maximum Gasteiger partial charge on any atom is 0.309 e. The Hall–Kier alpha value is -1.37. The summed E-state index contributed by atoms with van der Waals surface area (Å²) in [7, 11) is 0. The predicted octanol–water partition coefficient (Wildman–Crippen LogP) is -0.384. The summed E-state index contributed by atoms with van der Waals surface area (Å²) in [5.41, 5.74) is 5.45. The first kappa shape index (κ1) is 11.7. The van der Waals surface area contributed by atoms with Gasteiger partial charge >= 0.3 is 11.8 Å². The van der Waals surface area contributed by atoms with E-state index in [0.29, 0.717) is 5.69 Å². The van der Waals surface area contributed by atoms with E-state index in [2.05, 4.69) is 10.3 Å². The van der Waals surface area contributed by atoms with Crippen LogP contribution in [-0.2, 0) is 16.1 Å². The van der Waals surface area contributed by atoms with Gasteiger partial charge in [0.1, 0.15) is 0 Å². The second-order valence-electron chi connectivity index (χ2n) is 2.73. The summed E-state index contributed by atoms with van der Waals surface area (Å²) >= 11 is 0. The number of nitrogens with two attached hydrogens (primary N) is 1. The van der Waals surface area contributed by atoms with Crippen molar-refractivity contribution in [2.45, 2.75) is 6.54 Å². The minimum Gasteiger partial charge on any atom is -0.347 e. The number of halogens is 2. The molecule has 0 spiro atoms. The van der Waals surface area contributed by atoms with Crippen LogP contribution < -0.4 is 16.4 Å². The molecule has 102 valence electrons. The number of pyridine rings is 1. The molecule has 0 radical (unpaired) electrons. The Morgan fingerprint density at radius 1 is 1.28 bits per heavy atom. The number of hydrogen-bond acceptors (Lipinski definition) is 4. The van der Waals surface area contributed by atoms with Crippen molar-refractivity contribution >= 4 is 36.6 Å². The fourth-order valence-electron chi connectivity index (χ4n) is 0.903. The van der Waals surface area contributed by atoms with Crippen molar-refractivity contribution in [1.29, 1.82) is 0 Å². The van der Waals surface area contributed by atoms with E-state index in [1.165, 1.54) is 6.20 Å². The topological polar surface area (TPSA) is 97.1 Å². The van der Waals surface area contributed by atoms with Gasteiger partial charge in [-0.25, -0.2) is 0 Å². The molecule has 0 aromatic carbocycles. The summed E-state index contributed by atoms with van der Waals surface area (Å²) in [6.07, 6.45) is 1.52. The summed E-state index contributed by atoms with van der Waals surface area (Å²) in [6.45, 7) is -5.69. The molecule has 0 aliphatic rings. The van der Waals surface area contributed by atoms with Gasteiger partial charge in [0.25, 0.3) is 0 Å². The Balaban J connectivity index is 0. The Morgan fingerprint density at radius 3 is 2.50 bits per heavy atom. The molecule has 0 atom stereocenters. The maximum atomic E-state index is 11.4. The molecule has 4 N–H and O–H groups in total. The number of amides is 2. The van der Waals surface area contributed by atoms with Crippen LogP contribution in [0.2, 0.25) is 0 Å². The SMILES string of the molecule is Cl.Cl.[2H]C([2H])(N)C([2H])([2H])NC(=O)C(=O)NCc1ccccn1. The smallest absolute Gasteiger partial charge is 0.309 e. The number of aromatic nitrogens is 1. The third-order valence-corrected chi connectivity index (χ3v) is 1.61. The molecular weight excluding hydrogens is 279 g/mol. The van der Waals surface area contributed by atoms with Crippen molar-refractivity contribution in [3.05, 3.63) is 30.1 Å². The van der Waals surface area contributed by atoms with Crippen LogP contribution >= 0.6 is 24.8 Å². The molecule has 1 aromatic heterocycles. The number of rotatable bonds is 4. The maximum absolute atomic E-state index is 11.4. The van der Waals surface area contributed by atoms with Crippen LogP contribution in [0.4, 0.5) is 0 Å². The normalized spacial score (nSPS) is 13.4. The number of nitrogens with zero attached hydrogens (tertiary/aromatic N) is 1. The average Bonchev–Trinajstić information content (AvgIpc) is 2.35. The Kier molecular flexibility index (Phi) is 7.00. The van der Waals surface area contributed by atoms with Gasteiger partial charge in [-0.3, -0.25) is 14.6 Å². The van der Waals surface area contributed by atoms with Gasteiger partial charge in [-0.15, -0.1) is 24.8 Å². The van der Waals surface area contributed by atoms with Crippen molar-refractivity contribution in [3.8, 4) is 0 Å². The number of hydrogen-bond donors (Lipinski definition) is 3. The lowest BCUT2D eigenvalue weighted by molar-refractivity contribution is -0.139. The van der Waals surface area contributed by atoms with Crippen LogP contribution in [0.5, 0.6) is 0 Å². The van der Waals surface area contributed by atoms with Crippen LogP contribution in [0, 0.1) is 0 Å². The van der Waals surface area contributed by atoms with Crippen LogP contribution in [0.15, 0.2) is 24.4 Å². The zero-order valence-corrected chi connectivity index (χ0v) is 10.8. The highest BCUT2D eigenvalue weighted by molar-refractivity contribution is 6.35. The van der Waals surface area contributed by atoms with E-state index in [9.17, 15) is 9.59 Å². The van der Waals surface area contributed by atoms with Gasteiger partial charge in [0.2, 0.25) is 0 Å². The summed E-state index contributed by atoms with van der Waals surface area (Å²) < 4.78 is 28.5. The first-order valence-electron chi connectivity index (χ1n) is 6.42. The summed E-state index contributed by atoms with van der Waals surface area (Å²) in [4.78, 5) is 26.8. The molecule has 0 aliphatic heterocycles. The molecule has 0 fully saturated rings. The zero-order chi connectivity index (χ0) is 15.4. The van der Waals surface area contributed by atoms with Gasteiger partial charge in [-0.05, 0) is 12.1 Å². The quantitative estimate of drug-likeness (QED) is 0.660. The highest BCUT2D eigenvalue weighted by Gasteiger charge is 2.11. The van der Waals surface area contributed by atoms with Gasteiger partial charge < -0.3 is 16.4 Å². The van der Waals surface area contributed by atoms with Crippen LogP contribution in [0.1, 0.15) is 11.2 Å².